The van der Waals surface area contributed by atoms with Crippen LogP contribution >= 0.6 is 7.82 Å². The molecular weight excluding hydrogens is 563 g/mol. The monoisotopic (exact) mass is 612 g/mol. The fourth-order valence-electron chi connectivity index (χ4n) is 2.99. The summed E-state index contributed by atoms with van der Waals surface area (Å²) in [4.78, 5) is 33.0. The molecule has 42 heavy (non-hydrogen) atoms. The summed E-state index contributed by atoms with van der Waals surface area (Å²) < 4.78 is 31.4. The third kappa shape index (κ3) is 25.1. The second-order valence-electron chi connectivity index (χ2n) is 8.96. The van der Waals surface area contributed by atoms with Gasteiger partial charge in [-0.2, -0.15) is 0 Å². The molecule has 0 aliphatic heterocycles. The fraction of sp³-hybridized carbons (Fsp3) is 0.548. The summed E-state index contributed by atoms with van der Waals surface area (Å²) in [5.41, 5.74) is 0. The fourth-order valence-corrected chi connectivity index (χ4v) is 3.78. The first-order valence-electron chi connectivity index (χ1n) is 14.4. The van der Waals surface area contributed by atoms with E-state index in [1.807, 2.05) is 18.2 Å². The number of aliphatic hydroxyl groups excluding tert-OH is 2. The summed E-state index contributed by atoms with van der Waals surface area (Å²) in [5.74, 6) is -1.21. The molecule has 3 N–H and O–H groups in total. The zero-order valence-corrected chi connectivity index (χ0v) is 25.8. The SMILES string of the molecule is CC/C=C\C/C=C\C/C=C\C/C=C\C/C=C\C/C=C\CCC(=O)OC(CO)COP(=O)(O)OCC(CO)OC(=O)CC. The van der Waals surface area contributed by atoms with Crippen molar-refractivity contribution in [3.63, 3.8) is 0 Å². The number of phosphoric ester groups is 1. The summed E-state index contributed by atoms with van der Waals surface area (Å²) in [6.07, 6.45) is 28.9. The molecule has 0 fully saturated rings. The lowest BCUT2D eigenvalue weighted by Gasteiger charge is -2.20. The number of hydrogen-bond acceptors (Lipinski definition) is 9. The maximum absolute atomic E-state index is 12.0. The van der Waals surface area contributed by atoms with Crippen LogP contribution in [0.3, 0.4) is 0 Å². The molecule has 0 saturated carbocycles. The van der Waals surface area contributed by atoms with Crippen molar-refractivity contribution in [1.82, 2.24) is 0 Å². The van der Waals surface area contributed by atoms with Gasteiger partial charge in [0, 0.05) is 12.8 Å². The van der Waals surface area contributed by atoms with E-state index in [1.165, 1.54) is 0 Å². The molecule has 0 saturated heterocycles. The van der Waals surface area contributed by atoms with Gasteiger partial charge in [0.25, 0.3) is 0 Å². The van der Waals surface area contributed by atoms with Crippen LogP contribution in [0.4, 0.5) is 0 Å². The van der Waals surface area contributed by atoms with Crippen molar-refractivity contribution >= 4 is 19.8 Å². The lowest BCUT2D eigenvalue weighted by atomic mass is 10.2. The van der Waals surface area contributed by atoms with E-state index in [4.69, 9.17) is 18.5 Å². The van der Waals surface area contributed by atoms with Gasteiger partial charge in [-0.25, -0.2) is 4.57 Å². The van der Waals surface area contributed by atoms with E-state index in [9.17, 15) is 29.3 Å². The molecule has 0 radical (unpaired) electrons. The zero-order valence-electron chi connectivity index (χ0n) is 24.9. The Balaban J connectivity index is 4.07. The van der Waals surface area contributed by atoms with Crippen LogP contribution in [0.2, 0.25) is 0 Å². The molecule has 0 rings (SSSR count). The van der Waals surface area contributed by atoms with Crippen LogP contribution in [0.15, 0.2) is 72.9 Å². The van der Waals surface area contributed by atoms with Crippen LogP contribution < -0.4 is 0 Å². The van der Waals surface area contributed by atoms with Crippen LogP contribution in [0.25, 0.3) is 0 Å². The minimum Gasteiger partial charge on any atom is -0.457 e. The van der Waals surface area contributed by atoms with Gasteiger partial charge in [0.2, 0.25) is 0 Å². The van der Waals surface area contributed by atoms with E-state index in [1.54, 1.807) is 6.92 Å². The number of allylic oxidation sites excluding steroid dienone is 12. The number of phosphoric acid groups is 1. The Morgan fingerprint density at radius 2 is 1.02 bits per heavy atom. The first-order valence-corrected chi connectivity index (χ1v) is 15.9. The maximum atomic E-state index is 12.0. The number of carbonyl (C=O) groups excluding carboxylic acids is 2. The molecule has 0 amide bonds. The van der Waals surface area contributed by atoms with Crippen molar-refractivity contribution in [1.29, 1.82) is 0 Å². The van der Waals surface area contributed by atoms with Gasteiger partial charge in [0.1, 0.15) is 12.2 Å². The molecular formula is C31H49O10P. The number of carbonyl (C=O) groups is 2. The van der Waals surface area contributed by atoms with E-state index in [-0.39, 0.29) is 12.8 Å². The van der Waals surface area contributed by atoms with Gasteiger partial charge in [0.15, 0.2) is 0 Å². The average Bonchev–Trinajstić information content (AvgIpc) is 2.98. The van der Waals surface area contributed by atoms with Crippen LogP contribution in [-0.4, -0.2) is 65.7 Å². The van der Waals surface area contributed by atoms with E-state index in [2.05, 4.69) is 61.6 Å². The summed E-state index contributed by atoms with van der Waals surface area (Å²) in [5, 5.41) is 18.6. The third-order valence-corrected chi connectivity index (χ3v) is 6.20. The number of hydrogen-bond donors (Lipinski definition) is 3. The molecule has 3 atom stereocenters. The van der Waals surface area contributed by atoms with Gasteiger partial charge in [-0.15, -0.1) is 0 Å². The summed E-state index contributed by atoms with van der Waals surface area (Å²) >= 11 is 0. The molecule has 11 heteroatoms. The van der Waals surface area contributed by atoms with E-state index >= 15 is 0 Å². The molecule has 238 valence electrons. The number of rotatable bonds is 25. The van der Waals surface area contributed by atoms with Gasteiger partial charge in [-0.3, -0.25) is 18.6 Å². The van der Waals surface area contributed by atoms with E-state index < -0.39 is 58.4 Å². The first kappa shape index (κ1) is 39.4. The van der Waals surface area contributed by atoms with Crippen molar-refractivity contribution in [2.45, 2.75) is 83.8 Å². The van der Waals surface area contributed by atoms with Crippen LogP contribution in [0, 0.1) is 0 Å². The second-order valence-corrected chi connectivity index (χ2v) is 10.4. The quantitative estimate of drug-likeness (QED) is 0.0654. The van der Waals surface area contributed by atoms with Gasteiger partial charge in [-0.05, 0) is 44.9 Å². The topological polar surface area (TPSA) is 149 Å². The van der Waals surface area contributed by atoms with Crippen LogP contribution in [0.1, 0.15) is 71.6 Å². The Labute approximate surface area is 250 Å². The molecule has 3 unspecified atom stereocenters. The Bertz CT molecular complexity index is 936. The van der Waals surface area contributed by atoms with Crippen molar-refractivity contribution in [3.8, 4) is 0 Å². The highest BCUT2D eigenvalue weighted by atomic mass is 31.2. The molecule has 0 aromatic heterocycles. The molecule has 0 heterocycles. The second kappa shape index (κ2) is 27.3. The molecule has 0 aromatic rings. The molecule has 0 bridgehead atoms. The smallest absolute Gasteiger partial charge is 0.457 e. The van der Waals surface area contributed by atoms with Gasteiger partial charge >= 0.3 is 19.8 Å². The largest absolute Gasteiger partial charge is 0.472 e. The Hall–Kier alpha value is -2.59. The van der Waals surface area contributed by atoms with Crippen molar-refractivity contribution in [3.05, 3.63) is 72.9 Å². The lowest BCUT2D eigenvalue weighted by Crippen LogP contribution is -2.28. The van der Waals surface area contributed by atoms with Gasteiger partial charge < -0.3 is 24.6 Å². The average molecular weight is 613 g/mol. The highest BCUT2D eigenvalue weighted by Gasteiger charge is 2.27. The minimum absolute atomic E-state index is 0.0624. The summed E-state index contributed by atoms with van der Waals surface area (Å²) in [7, 11) is -4.61. The van der Waals surface area contributed by atoms with Crippen molar-refractivity contribution < 1.29 is 47.8 Å². The highest BCUT2D eigenvalue weighted by Crippen LogP contribution is 2.43. The number of ether oxygens (including phenoxy) is 2. The number of aliphatic hydroxyl groups is 2. The lowest BCUT2D eigenvalue weighted by molar-refractivity contribution is -0.153. The standard InChI is InChI=1S/C31H49O10P/c1-3-5-6-7-8-9-10-11-12-13-14-15-16-17-18-19-20-21-22-23-31(35)41-29(25-33)27-39-42(36,37)38-26-28(24-32)40-30(34)4-2/h5-6,8-9,11-12,14-15,17-18,20-21,28-29,32-33H,3-4,7,10,13,16,19,22-27H2,1-2H3,(H,36,37)/b6-5-,9-8-,12-11-,15-14-,18-17-,21-20-. The number of esters is 2. The zero-order chi connectivity index (χ0) is 31.3. The first-order chi connectivity index (χ1) is 20.3. The third-order valence-electron chi connectivity index (χ3n) is 5.25. The van der Waals surface area contributed by atoms with E-state index in [0.717, 1.165) is 38.5 Å². The van der Waals surface area contributed by atoms with Crippen molar-refractivity contribution in [2.75, 3.05) is 26.4 Å². The Morgan fingerprint density at radius 1 is 0.643 bits per heavy atom. The molecule has 0 spiro atoms. The van der Waals surface area contributed by atoms with E-state index in [0.29, 0.717) is 6.42 Å². The van der Waals surface area contributed by atoms with Crippen molar-refractivity contribution in [2.24, 2.45) is 0 Å². The predicted octanol–water partition coefficient (Wildman–Crippen LogP) is 5.82. The Morgan fingerprint density at radius 3 is 1.40 bits per heavy atom. The molecule has 0 aliphatic carbocycles. The van der Waals surface area contributed by atoms with Gasteiger partial charge in [-0.1, -0.05) is 86.8 Å². The minimum atomic E-state index is -4.61. The molecule has 0 aliphatic rings. The highest BCUT2D eigenvalue weighted by molar-refractivity contribution is 7.47. The summed E-state index contributed by atoms with van der Waals surface area (Å²) in [6.45, 7) is 1.28. The van der Waals surface area contributed by atoms with Crippen LogP contribution in [0.5, 0.6) is 0 Å². The molecule has 0 aromatic carbocycles. The van der Waals surface area contributed by atoms with Crippen LogP contribution in [-0.2, 0) is 32.7 Å². The Kier molecular flexibility index (Phi) is 25.6. The summed E-state index contributed by atoms with van der Waals surface area (Å²) in [6, 6.07) is 0. The predicted molar refractivity (Wildman–Crippen MR) is 163 cm³/mol. The normalized spacial score (nSPS) is 15.5. The molecule has 10 nitrogen and oxygen atoms in total. The maximum Gasteiger partial charge on any atom is 0.472 e. The van der Waals surface area contributed by atoms with Gasteiger partial charge in [0.05, 0.1) is 26.4 Å².